The second-order valence-electron chi connectivity index (χ2n) is 7.85. The fourth-order valence-electron chi connectivity index (χ4n) is 3.33. The highest BCUT2D eigenvalue weighted by molar-refractivity contribution is 5.74. The lowest BCUT2D eigenvalue weighted by molar-refractivity contribution is -0.384. The van der Waals surface area contributed by atoms with Gasteiger partial charge in [-0.25, -0.2) is 0 Å². The Morgan fingerprint density at radius 2 is 0.706 bits per heavy atom. The van der Waals surface area contributed by atoms with Crippen LogP contribution >= 0.6 is 0 Å². The lowest BCUT2D eigenvalue weighted by Crippen LogP contribution is -1.86. The Morgan fingerprint density at radius 1 is 0.471 bits per heavy atom. The van der Waals surface area contributed by atoms with E-state index in [0.717, 1.165) is 39.1 Å². The van der Waals surface area contributed by atoms with Gasteiger partial charge < -0.3 is 5.73 Å². The Hall–Kier alpha value is -4.70. The van der Waals surface area contributed by atoms with E-state index in [9.17, 15) is 10.1 Å². The molecule has 34 heavy (non-hydrogen) atoms. The van der Waals surface area contributed by atoms with Crippen molar-refractivity contribution in [2.24, 2.45) is 0 Å². The highest BCUT2D eigenvalue weighted by Crippen LogP contribution is 2.16. The van der Waals surface area contributed by atoms with Gasteiger partial charge >= 0.3 is 0 Å². The number of nitro benzene ring substituents is 1. The molecule has 4 nitrogen and oxygen atoms in total. The van der Waals surface area contributed by atoms with Gasteiger partial charge in [-0.2, -0.15) is 0 Å². The number of nitrogens with zero attached hydrogens (tertiary/aromatic N) is 1. The molecule has 0 aliphatic rings. The van der Waals surface area contributed by atoms with Gasteiger partial charge in [0.1, 0.15) is 0 Å². The molecule has 0 heterocycles. The zero-order valence-electron chi connectivity index (χ0n) is 18.5. The number of hydrogen-bond acceptors (Lipinski definition) is 3. The van der Waals surface area contributed by atoms with Crippen molar-refractivity contribution in [1.29, 1.82) is 0 Å². The number of nitro groups is 1. The molecule has 0 unspecified atom stereocenters. The van der Waals surface area contributed by atoms with Gasteiger partial charge in [-0.05, 0) is 57.6 Å². The average molecular weight is 445 g/mol. The summed E-state index contributed by atoms with van der Waals surface area (Å²) in [4.78, 5) is 10.3. The van der Waals surface area contributed by atoms with E-state index < -0.39 is 4.92 Å². The molecule has 0 bridgehead atoms. The average Bonchev–Trinajstić information content (AvgIpc) is 2.87. The van der Waals surface area contributed by atoms with Gasteiger partial charge in [0.2, 0.25) is 0 Å². The third-order valence-electron chi connectivity index (χ3n) is 5.32. The molecule has 0 fully saturated rings. The first-order chi connectivity index (χ1) is 16.5. The molecular formula is C30H24N2O2. The Balaban J connectivity index is 1.34. The Bertz CT molecular complexity index is 1330. The molecule has 0 saturated carbocycles. The van der Waals surface area contributed by atoms with Crippen LogP contribution in [0, 0.1) is 10.1 Å². The third-order valence-corrected chi connectivity index (χ3v) is 5.32. The topological polar surface area (TPSA) is 69.2 Å². The van der Waals surface area contributed by atoms with Gasteiger partial charge in [0, 0.05) is 17.8 Å². The van der Waals surface area contributed by atoms with E-state index in [2.05, 4.69) is 60.7 Å². The molecule has 4 aromatic carbocycles. The lowest BCUT2D eigenvalue weighted by atomic mass is 10.1. The first-order valence-electron chi connectivity index (χ1n) is 10.9. The molecule has 0 aliphatic carbocycles. The van der Waals surface area contributed by atoms with Crippen LogP contribution in [0.4, 0.5) is 11.4 Å². The van der Waals surface area contributed by atoms with Gasteiger partial charge in [0.15, 0.2) is 0 Å². The number of nitrogen functional groups attached to an aromatic ring is 1. The van der Waals surface area contributed by atoms with Crippen molar-refractivity contribution in [3.8, 4) is 0 Å². The largest absolute Gasteiger partial charge is 0.399 e. The molecule has 166 valence electrons. The molecule has 2 N–H and O–H groups in total. The molecule has 0 atom stereocenters. The molecule has 0 radical (unpaired) electrons. The SMILES string of the molecule is Nc1ccc(/C=C/c2ccc(/C=C/c3ccc(/C=C/c4ccc([N+](=O)[O-])cc4)cc3)cc2)cc1. The molecule has 4 aromatic rings. The Labute approximate surface area is 199 Å². The first-order valence-corrected chi connectivity index (χ1v) is 10.9. The summed E-state index contributed by atoms with van der Waals surface area (Å²) in [5.74, 6) is 0. The minimum Gasteiger partial charge on any atom is -0.399 e. The second kappa shape index (κ2) is 10.7. The Morgan fingerprint density at radius 3 is 0.971 bits per heavy atom. The van der Waals surface area contributed by atoms with Crippen LogP contribution in [0.15, 0.2) is 97.1 Å². The molecule has 0 saturated heterocycles. The molecular weight excluding hydrogens is 420 g/mol. The van der Waals surface area contributed by atoms with Gasteiger partial charge in [0.05, 0.1) is 4.92 Å². The van der Waals surface area contributed by atoms with E-state index in [1.807, 2.05) is 48.6 Å². The van der Waals surface area contributed by atoms with Crippen molar-refractivity contribution in [3.05, 3.63) is 141 Å². The summed E-state index contributed by atoms with van der Waals surface area (Å²) in [6.07, 6.45) is 12.3. The van der Waals surface area contributed by atoms with Gasteiger partial charge in [-0.1, -0.05) is 97.1 Å². The van der Waals surface area contributed by atoms with Crippen LogP contribution in [0.5, 0.6) is 0 Å². The van der Waals surface area contributed by atoms with Gasteiger partial charge in [-0.15, -0.1) is 0 Å². The molecule has 4 heteroatoms. The van der Waals surface area contributed by atoms with Crippen LogP contribution in [0.3, 0.4) is 0 Å². The van der Waals surface area contributed by atoms with Crippen molar-refractivity contribution in [2.75, 3.05) is 5.73 Å². The highest BCUT2D eigenvalue weighted by atomic mass is 16.6. The maximum atomic E-state index is 10.7. The molecule has 0 aromatic heterocycles. The zero-order valence-corrected chi connectivity index (χ0v) is 18.5. The fourth-order valence-corrected chi connectivity index (χ4v) is 3.33. The minimum absolute atomic E-state index is 0.0950. The van der Waals surface area contributed by atoms with E-state index in [1.54, 1.807) is 12.1 Å². The lowest BCUT2D eigenvalue weighted by Gasteiger charge is -1.99. The quantitative estimate of drug-likeness (QED) is 0.137. The summed E-state index contributed by atoms with van der Waals surface area (Å²) in [6.45, 7) is 0. The van der Waals surface area contributed by atoms with E-state index in [4.69, 9.17) is 5.73 Å². The van der Waals surface area contributed by atoms with Crippen molar-refractivity contribution in [3.63, 3.8) is 0 Å². The highest BCUT2D eigenvalue weighted by Gasteiger charge is 2.02. The van der Waals surface area contributed by atoms with Crippen molar-refractivity contribution >= 4 is 47.8 Å². The summed E-state index contributed by atoms with van der Waals surface area (Å²) in [5, 5.41) is 10.7. The van der Waals surface area contributed by atoms with Crippen LogP contribution < -0.4 is 5.73 Å². The second-order valence-corrected chi connectivity index (χ2v) is 7.85. The van der Waals surface area contributed by atoms with Crippen LogP contribution in [0.2, 0.25) is 0 Å². The first kappa shape index (κ1) is 22.5. The van der Waals surface area contributed by atoms with Crippen LogP contribution in [-0.2, 0) is 0 Å². The van der Waals surface area contributed by atoms with Crippen LogP contribution in [0.1, 0.15) is 33.4 Å². The van der Waals surface area contributed by atoms with E-state index in [1.165, 1.54) is 12.1 Å². The summed E-state index contributed by atoms with van der Waals surface area (Å²) in [5.41, 5.74) is 13.1. The van der Waals surface area contributed by atoms with E-state index >= 15 is 0 Å². The third kappa shape index (κ3) is 6.40. The van der Waals surface area contributed by atoms with Crippen LogP contribution in [-0.4, -0.2) is 4.92 Å². The molecule has 4 rings (SSSR count). The van der Waals surface area contributed by atoms with E-state index in [-0.39, 0.29) is 5.69 Å². The number of nitrogens with two attached hydrogens (primary N) is 1. The number of hydrogen-bond donors (Lipinski definition) is 1. The van der Waals surface area contributed by atoms with Gasteiger partial charge in [-0.3, -0.25) is 10.1 Å². The molecule has 0 amide bonds. The minimum atomic E-state index is -0.395. The van der Waals surface area contributed by atoms with Gasteiger partial charge in [0.25, 0.3) is 5.69 Å². The summed E-state index contributed by atoms with van der Waals surface area (Å²) in [6, 6.07) is 30.9. The monoisotopic (exact) mass is 444 g/mol. The van der Waals surface area contributed by atoms with Crippen LogP contribution in [0.25, 0.3) is 36.5 Å². The normalized spacial score (nSPS) is 11.5. The van der Waals surface area contributed by atoms with Crippen molar-refractivity contribution in [1.82, 2.24) is 0 Å². The number of benzene rings is 4. The maximum absolute atomic E-state index is 10.7. The fraction of sp³-hybridized carbons (Fsp3) is 0. The van der Waals surface area contributed by atoms with E-state index in [0.29, 0.717) is 0 Å². The molecule has 0 aliphatic heterocycles. The maximum Gasteiger partial charge on any atom is 0.269 e. The smallest absolute Gasteiger partial charge is 0.269 e. The number of rotatable bonds is 7. The summed E-state index contributed by atoms with van der Waals surface area (Å²) >= 11 is 0. The van der Waals surface area contributed by atoms with Crippen molar-refractivity contribution in [2.45, 2.75) is 0 Å². The van der Waals surface area contributed by atoms with Crippen molar-refractivity contribution < 1.29 is 4.92 Å². The molecule has 0 spiro atoms. The summed E-state index contributed by atoms with van der Waals surface area (Å²) < 4.78 is 0. The predicted octanol–water partition coefficient (Wildman–Crippen LogP) is 7.69. The summed E-state index contributed by atoms with van der Waals surface area (Å²) in [7, 11) is 0. The predicted molar refractivity (Wildman–Crippen MR) is 144 cm³/mol. The standard InChI is InChI=1S/C30H24N2O2/c31-29-19-15-27(16-20-29)13-11-25-7-3-23(4-8-25)1-2-24-5-9-26(10-6-24)12-14-28-17-21-30(22-18-28)32(33)34/h1-22H,31H2/b2-1+,13-11+,14-12+. The zero-order chi connectivity index (χ0) is 23.8. The Kier molecular flexibility index (Phi) is 7.11. The number of non-ortho nitro benzene ring substituents is 1. The number of anilines is 1.